The molecule has 2 N–H and O–H groups in total. The van der Waals surface area contributed by atoms with E-state index in [1.54, 1.807) is 6.92 Å². The molecule has 0 radical (unpaired) electrons. The van der Waals surface area contributed by atoms with Crippen molar-refractivity contribution in [3.05, 3.63) is 35.4 Å². The van der Waals surface area contributed by atoms with Gasteiger partial charge in [0.1, 0.15) is 6.04 Å². The minimum Gasteiger partial charge on any atom is -0.465 e. The highest BCUT2D eigenvalue weighted by Crippen LogP contribution is 2.22. The molecule has 0 bridgehead atoms. The zero-order valence-corrected chi connectivity index (χ0v) is 11.7. The number of carbonyl (C=O) groups excluding carboxylic acids is 1. The first-order valence-corrected chi connectivity index (χ1v) is 6.36. The highest BCUT2D eigenvalue weighted by atomic mass is 16.5. The van der Waals surface area contributed by atoms with Gasteiger partial charge in [-0.15, -0.1) is 0 Å². The van der Waals surface area contributed by atoms with Crippen molar-refractivity contribution in [3.8, 4) is 0 Å². The van der Waals surface area contributed by atoms with Gasteiger partial charge in [0.2, 0.25) is 0 Å². The molecule has 0 aromatic heterocycles. The Morgan fingerprint density at radius 3 is 2.28 bits per heavy atom. The van der Waals surface area contributed by atoms with Gasteiger partial charge in [0.25, 0.3) is 0 Å². The molecule has 100 valence electrons. The average molecular weight is 249 g/mol. The van der Waals surface area contributed by atoms with E-state index in [-0.39, 0.29) is 11.4 Å². The monoisotopic (exact) mass is 249 g/mol. The van der Waals surface area contributed by atoms with E-state index in [0.717, 1.165) is 5.56 Å². The third kappa shape index (κ3) is 4.15. The summed E-state index contributed by atoms with van der Waals surface area (Å²) >= 11 is 0. The third-order valence-electron chi connectivity index (χ3n) is 2.86. The fourth-order valence-corrected chi connectivity index (χ4v) is 1.73. The topological polar surface area (TPSA) is 52.3 Å². The van der Waals surface area contributed by atoms with Crippen molar-refractivity contribution < 1.29 is 9.53 Å². The first-order valence-electron chi connectivity index (χ1n) is 6.36. The molecule has 0 unspecified atom stereocenters. The molecule has 0 heterocycles. The second-order valence-corrected chi connectivity index (χ2v) is 5.51. The Bertz CT molecular complexity index is 390. The minimum absolute atomic E-state index is 0.141. The molecule has 3 heteroatoms. The fourth-order valence-electron chi connectivity index (χ4n) is 1.73. The van der Waals surface area contributed by atoms with Gasteiger partial charge >= 0.3 is 5.97 Å². The van der Waals surface area contributed by atoms with E-state index < -0.39 is 6.04 Å². The molecular weight excluding hydrogens is 226 g/mol. The second-order valence-electron chi connectivity index (χ2n) is 5.51. The van der Waals surface area contributed by atoms with Crippen LogP contribution in [0.2, 0.25) is 0 Å². The van der Waals surface area contributed by atoms with Crippen molar-refractivity contribution in [2.45, 2.75) is 45.6 Å². The number of rotatable bonds is 4. The van der Waals surface area contributed by atoms with Crippen molar-refractivity contribution in [1.29, 1.82) is 0 Å². The largest absolute Gasteiger partial charge is 0.465 e. The molecule has 1 rings (SSSR count). The summed E-state index contributed by atoms with van der Waals surface area (Å²) in [7, 11) is 0. The Morgan fingerprint density at radius 1 is 1.28 bits per heavy atom. The maximum Gasteiger partial charge on any atom is 0.323 e. The molecule has 1 atom stereocenters. The molecule has 0 aliphatic carbocycles. The van der Waals surface area contributed by atoms with Gasteiger partial charge in [0.05, 0.1) is 6.61 Å². The van der Waals surface area contributed by atoms with Gasteiger partial charge in [0.15, 0.2) is 0 Å². The standard InChI is InChI=1S/C15H23NO2/c1-5-18-14(17)13(16)10-11-6-8-12(9-7-11)15(2,3)4/h6-9,13H,5,10,16H2,1-4H3/t13-/m1/s1. The summed E-state index contributed by atoms with van der Waals surface area (Å²) in [5.74, 6) is -0.336. The highest BCUT2D eigenvalue weighted by Gasteiger charge is 2.16. The van der Waals surface area contributed by atoms with Crippen LogP contribution < -0.4 is 5.73 Å². The molecular formula is C15H23NO2. The Morgan fingerprint density at radius 2 is 1.83 bits per heavy atom. The number of esters is 1. The number of hydrogen-bond donors (Lipinski definition) is 1. The Kier molecular flexibility index (Phi) is 4.91. The van der Waals surface area contributed by atoms with Crippen LogP contribution in [0.5, 0.6) is 0 Å². The van der Waals surface area contributed by atoms with E-state index in [1.807, 2.05) is 12.1 Å². The molecule has 0 spiro atoms. The molecule has 1 aromatic rings. The molecule has 0 amide bonds. The van der Waals surface area contributed by atoms with E-state index in [4.69, 9.17) is 10.5 Å². The molecule has 18 heavy (non-hydrogen) atoms. The third-order valence-corrected chi connectivity index (χ3v) is 2.86. The van der Waals surface area contributed by atoms with Gasteiger partial charge in [0, 0.05) is 0 Å². The average Bonchev–Trinajstić information content (AvgIpc) is 2.28. The minimum atomic E-state index is -0.578. The van der Waals surface area contributed by atoms with Gasteiger partial charge in [-0.25, -0.2) is 0 Å². The smallest absolute Gasteiger partial charge is 0.323 e. The fraction of sp³-hybridized carbons (Fsp3) is 0.533. The normalized spacial score (nSPS) is 13.2. The van der Waals surface area contributed by atoms with Gasteiger partial charge in [-0.3, -0.25) is 4.79 Å². The first kappa shape index (κ1) is 14.7. The van der Waals surface area contributed by atoms with Gasteiger partial charge in [-0.2, -0.15) is 0 Å². The Labute approximate surface area is 109 Å². The summed E-state index contributed by atoms with van der Waals surface area (Å²) in [6, 6.07) is 7.66. The lowest BCUT2D eigenvalue weighted by Crippen LogP contribution is -2.34. The maximum absolute atomic E-state index is 11.4. The molecule has 0 fully saturated rings. The number of ether oxygens (including phenoxy) is 1. The zero-order valence-electron chi connectivity index (χ0n) is 11.7. The number of carbonyl (C=O) groups is 1. The number of hydrogen-bond acceptors (Lipinski definition) is 3. The van der Waals surface area contributed by atoms with Gasteiger partial charge in [-0.05, 0) is 29.9 Å². The lowest BCUT2D eigenvalue weighted by Gasteiger charge is -2.19. The summed E-state index contributed by atoms with van der Waals surface area (Å²) in [5, 5.41) is 0. The summed E-state index contributed by atoms with van der Waals surface area (Å²) in [6.45, 7) is 8.67. The van der Waals surface area contributed by atoms with Crippen molar-refractivity contribution in [2.75, 3.05) is 6.61 Å². The van der Waals surface area contributed by atoms with Gasteiger partial charge in [-0.1, -0.05) is 45.0 Å². The van der Waals surface area contributed by atoms with Crippen LogP contribution in [0.3, 0.4) is 0 Å². The van der Waals surface area contributed by atoms with Crippen molar-refractivity contribution >= 4 is 5.97 Å². The molecule has 0 saturated heterocycles. The molecule has 0 saturated carbocycles. The number of benzene rings is 1. The van der Waals surface area contributed by atoms with Crippen LogP contribution in [0, 0.1) is 0 Å². The van der Waals surface area contributed by atoms with E-state index in [0.29, 0.717) is 13.0 Å². The van der Waals surface area contributed by atoms with Crippen molar-refractivity contribution in [3.63, 3.8) is 0 Å². The van der Waals surface area contributed by atoms with Crippen LogP contribution in [0.4, 0.5) is 0 Å². The Balaban J connectivity index is 2.67. The zero-order chi connectivity index (χ0) is 13.8. The van der Waals surface area contributed by atoms with Crippen molar-refractivity contribution in [2.24, 2.45) is 5.73 Å². The van der Waals surface area contributed by atoms with Crippen LogP contribution in [-0.2, 0) is 21.4 Å². The predicted molar refractivity (Wildman–Crippen MR) is 73.5 cm³/mol. The van der Waals surface area contributed by atoms with Crippen LogP contribution in [0.1, 0.15) is 38.8 Å². The maximum atomic E-state index is 11.4. The Hall–Kier alpha value is -1.35. The van der Waals surface area contributed by atoms with Crippen LogP contribution in [-0.4, -0.2) is 18.6 Å². The quantitative estimate of drug-likeness (QED) is 0.834. The highest BCUT2D eigenvalue weighted by molar-refractivity contribution is 5.75. The summed E-state index contributed by atoms with van der Waals surface area (Å²) in [5.41, 5.74) is 8.26. The van der Waals surface area contributed by atoms with Crippen LogP contribution in [0.15, 0.2) is 24.3 Å². The van der Waals surface area contributed by atoms with E-state index in [1.165, 1.54) is 5.56 Å². The molecule has 0 aliphatic rings. The summed E-state index contributed by atoms with van der Waals surface area (Å²) in [4.78, 5) is 11.4. The summed E-state index contributed by atoms with van der Waals surface area (Å²) in [6.07, 6.45) is 0.517. The predicted octanol–water partition coefficient (Wildman–Crippen LogP) is 2.42. The lowest BCUT2D eigenvalue weighted by molar-refractivity contribution is -0.144. The SMILES string of the molecule is CCOC(=O)[C@H](N)Cc1ccc(C(C)(C)C)cc1. The molecule has 3 nitrogen and oxygen atoms in total. The number of nitrogens with two attached hydrogens (primary N) is 1. The van der Waals surface area contributed by atoms with E-state index in [9.17, 15) is 4.79 Å². The molecule has 0 aliphatic heterocycles. The van der Waals surface area contributed by atoms with E-state index >= 15 is 0 Å². The lowest BCUT2D eigenvalue weighted by atomic mass is 9.86. The second kappa shape index (κ2) is 6.01. The van der Waals surface area contributed by atoms with Crippen LogP contribution in [0.25, 0.3) is 0 Å². The van der Waals surface area contributed by atoms with Gasteiger partial charge < -0.3 is 10.5 Å². The summed E-state index contributed by atoms with van der Waals surface area (Å²) < 4.78 is 4.89. The first-order chi connectivity index (χ1) is 8.34. The van der Waals surface area contributed by atoms with Crippen LogP contribution >= 0.6 is 0 Å². The van der Waals surface area contributed by atoms with E-state index in [2.05, 4.69) is 32.9 Å². The molecule has 1 aromatic carbocycles. The van der Waals surface area contributed by atoms with Crippen molar-refractivity contribution in [1.82, 2.24) is 0 Å².